The van der Waals surface area contributed by atoms with Crippen LogP contribution in [-0.4, -0.2) is 31.8 Å². The normalized spacial score (nSPS) is 14.6. The summed E-state index contributed by atoms with van der Waals surface area (Å²) in [7, 11) is 1.91. The number of imidazole rings is 1. The number of hydrogen-bond acceptors (Lipinski definition) is 5. The zero-order valence-electron chi connectivity index (χ0n) is 17.2. The lowest BCUT2D eigenvalue weighted by Crippen LogP contribution is -2.45. The largest absolute Gasteiger partial charge is 0.337 e. The lowest BCUT2D eigenvalue weighted by atomic mass is 10.1. The number of halogens is 1. The lowest BCUT2D eigenvalue weighted by molar-refractivity contribution is 0.346. The van der Waals surface area contributed by atoms with Crippen molar-refractivity contribution in [3.05, 3.63) is 75.5 Å². The fraction of sp³-hybridized carbons (Fsp3) is 0.318. The molecule has 31 heavy (non-hydrogen) atoms. The lowest BCUT2D eigenvalue weighted by Gasteiger charge is -2.25. The van der Waals surface area contributed by atoms with E-state index in [1.165, 1.54) is 15.9 Å². The molecule has 0 saturated carbocycles. The van der Waals surface area contributed by atoms with Gasteiger partial charge in [-0.15, -0.1) is 23.7 Å². The van der Waals surface area contributed by atoms with Crippen LogP contribution >= 0.6 is 23.7 Å². The molecule has 0 unspecified atom stereocenters. The quantitative estimate of drug-likeness (QED) is 0.511. The minimum absolute atomic E-state index is 0. The van der Waals surface area contributed by atoms with Gasteiger partial charge in [-0.25, -0.2) is 9.78 Å². The van der Waals surface area contributed by atoms with Crippen molar-refractivity contribution in [3.63, 3.8) is 0 Å². The Labute approximate surface area is 189 Å². The molecular weight excluding hydrogens is 434 g/mol. The number of piperidine rings is 1. The van der Waals surface area contributed by atoms with Crippen molar-refractivity contribution < 1.29 is 0 Å². The smallest absolute Gasteiger partial charge is 0.332 e. The first-order chi connectivity index (χ1) is 14.6. The molecule has 4 heterocycles. The van der Waals surface area contributed by atoms with Crippen LogP contribution in [0.1, 0.15) is 24.7 Å². The van der Waals surface area contributed by atoms with E-state index in [-0.39, 0.29) is 29.7 Å². The number of benzene rings is 1. The van der Waals surface area contributed by atoms with Gasteiger partial charge in [-0.05, 0) is 37.6 Å². The number of hydrogen-bond donors (Lipinski definition) is 1. The molecule has 3 aromatic heterocycles. The Morgan fingerprint density at radius 2 is 1.90 bits per heavy atom. The molecule has 0 amide bonds. The highest BCUT2D eigenvalue weighted by Crippen LogP contribution is 2.31. The van der Waals surface area contributed by atoms with E-state index < -0.39 is 0 Å². The highest BCUT2D eigenvalue weighted by atomic mass is 35.5. The first kappa shape index (κ1) is 21.5. The average molecular weight is 458 g/mol. The van der Waals surface area contributed by atoms with E-state index in [0.717, 1.165) is 42.2 Å². The van der Waals surface area contributed by atoms with Crippen LogP contribution in [0.2, 0.25) is 0 Å². The minimum Gasteiger partial charge on any atom is -0.337 e. The van der Waals surface area contributed by atoms with Crippen molar-refractivity contribution in [2.75, 3.05) is 13.1 Å². The molecule has 0 bridgehead atoms. The van der Waals surface area contributed by atoms with Gasteiger partial charge in [-0.3, -0.25) is 13.9 Å². The maximum atomic E-state index is 13.6. The predicted octanol–water partition coefficient (Wildman–Crippen LogP) is 3.02. The first-order valence-electron chi connectivity index (χ1n) is 10.1. The van der Waals surface area contributed by atoms with E-state index >= 15 is 0 Å². The van der Waals surface area contributed by atoms with Gasteiger partial charge in [0.1, 0.15) is 10.5 Å². The third-order valence-electron chi connectivity index (χ3n) is 5.81. The summed E-state index contributed by atoms with van der Waals surface area (Å²) in [5.74, 6) is 0.779. The summed E-state index contributed by atoms with van der Waals surface area (Å²) in [5, 5.41) is 3.31. The van der Waals surface area contributed by atoms with E-state index in [9.17, 15) is 9.59 Å². The summed E-state index contributed by atoms with van der Waals surface area (Å²) < 4.78 is 5.73. The molecule has 0 spiro atoms. The Hall–Kier alpha value is -2.68. The van der Waals surface area contributed by atoms with Crippen molar-refractivity contribution in [3.8, 4) is 10.4 Å². The molecule has 1 saturated heterocycles. The summed E-state index contributed by atoms with van der Waals surface area (Å²) in [6, 6.07) is 11.9. The molecule has 1 aromatic carbocycles. The van der Waals surface area contributed by atoms with Gasteiger partial charge in [0.05, 0.1) is 12.1 Å². The van der Waals surface area contributed by atoms with E-state index in [2.05, 4.69) is 10.3 Å². The first-order valence-corrected chi connectivity index (χ1v) is 11.0. The van der Waals surface area contributed by atoms with Gasteiger partial charge in [-0.1, -0.05) is 30.3 Å². The molecule has 5 rings (SSSR count). The van der Waals surface area contributed by atoms with E-state index in [0.29, 0.717) is 16.8 Å². The summed E-state index contributed by atoms with van der Waals surface area (Å²) in [5.41, 5.74) is 1.30. The average Bonchev–Trinajstić information content (AvgIpc) is 3.39. The molecule has 0 aliphatic carbocycles. The van der Waals surface area contributed by atoms with Crippen LogP contribution in [0.25, 0.3) is 20.7 Å². The number of aryl methyl sites for hydroxylation is 1. The molecule has 0 radical (unpaired) electrons. The van der Waals surface area contributed by atoms with E-state index in [1.54, 1.807) is 10.8 Å². The molecule has 4 aromatic rings. The fourth-order valence-electron chi connectivity index (χ4n) is 4.14. The van der Waals surface area contributed by atoms with Crippen LogP contribution in [-0.2, 0) is 13.6 Å². The van der Waals surface area contributed by atoms with Gasteiger partial charge in [0.15, 0.2) is 0 Å². The predicted molar refractivity (Wildman–Crippen MR) is 126 cm³/mol. The molecule has 7 nitrogen and oxygen atoms in total. The summed E-state index contributed by atoms with van der Waals surface area (Å²) in [6.45, 7) is 1.95. The number of nitrogens with zero attached hydrogens (tertiary/aromatic N) is 4. The van der Waals surface area contributed by atoms with Crippen molar-refractivity contribution in [2.24, 2.45) is 7.05 Å². The maximum absolute atomic E-state index is 13.6. The topological polar surface area (TPSA) is 73.8 Å². The summed E-state index contributed by atoms with van der Waals surface area (Å²) in [4.78, 5) is 32.4. The third-order valence-corrected chi connectivity index (χ3v) is 6.97. The van der Waals surface area contributed by atoms with Crippen LogP contribution in [0.5, 0.6) is 0 Å². The van der Waals surface area contributed by atoms with Gasteiger partial charge >= 0.3 is 5.69 Å². The van der Waals surface area contributed by atoms with Crippen molar-refractivity contribution in [2.45, 2.75) is 25.4 Å². The second-order valence-electron chi connectivity index (χ2n) is 7.67. The van der Waals surface area contributed by atoms with Crippen molar-refractivity contribution >= 4 is 34.0 Å². The maximum Gasteiger partial charge on any atom is 0.332 e. The molecule has 162 valence electrons. The van der Waals surface area contributed by atoms with Crippen molar-refractivity contribution in [1.82, 2.24) is 24.0 Å². The Kier molecular flexibility index (Phi) is 6.13. The highest BCUT2D eigenvalue weighted by molar-refractivity contribution is 7.22. The number of rotatable bonds is 4. The number of nitrogens with one attached hydrogen (secondary N) is 1. The van der Waals surface area contributed by atoms with E-state index in [4.69, 9.17) is 0 Å². The van der Waals surface area contributed by atoms with Crippen LogP contribution in [0.4, 0.5) is 0 Å². The molecule has 9 heteroatoms. The Bertz CT molecular complexity index is 1320. The van der Waals surface area contributed by atoms with E-state index in [1.807, 2.05) is 54.2 Å². The van der Waals surface area contributed by atoms with Crippen LogP contribution in [0, 0.1) is 0 Å². The van der Waals surface area contributed by atoms with Gasteiger partial charge in [0.2, 0.25) is 0 Å². The Morgan fingerprint density at radius 1 is 1.16 bits per heavy atom. The summed E-state index contributed by atoms with van der Waals surface area (Å²) >= 11 is 1.46. The Balaban J connectivity index is 0.00000231. The van der Waals surface area contributed by atoms with Crippen LogP contribution in [0.15, 0.2) is 58.4 Å². The SMILES string of the molecule is Cl.Cn1ccnc1Cn1c(=O)n(C2CCNCC2)c(=O)c2sc(-c3ccccc3)cc21. The zero-order valence-corrected chi connectivity index (χ0v) is 18.8. The molecule has 1 N–H and O–H groups in total. The second kappa shape index (κ2) is 8.82. The van der Waals surface area contributed by atoms with Crippen LogP contribution < -0.4 is 16.6 Å². The molecular formula is C22H24ClN5O2S. The molecule has 1 aliphatic rings. The van der Waals surface area contributed by atoms with Crippen LogP contribution in [0.3, 0.4) is 0 Å². The zero-order chi connectivity index (χ0) is 20.7. The second-order valence-corrected chi connectivity index (χ2v) is 8.72. The number of thiophene rings is 1. The van der Waals surface area contributed by atoms with Gasteiger partial charge in [-0.2, -0.15) is 0 Å². The monoisotopic (exact) mass is 457 g/mol. The third kappa shape index (κ3) is 3.86. The fourth-order valence-corrected chi connectivity index (χ4v) is 5.24. The van der Waals surface area contributed by atoms with Gasteiger partial charge < -0.3 is 9.88 Å². The Morgan fingerprint density at radius 3 is 2.58 bits per heavy atom. The molecule has 1 aliphatic heterocycles. The van der Waals surface area contributed by atoms with Gasteiger partial charge in [0, 0.05) is 30.4 Å². The standard InChI is InChI=1S/C22H23N5O2S.ClH/c1-25-12-11-24-19(25)14-26-17-13-18(15-5-3-2-4-6-15)30-20(17)21(28)27(22(26)29)16-7-9-23-10-8-16;/h2-6,11-13,16,23H,7-10,14H2,1H3;1H. The number of aromatic nitrogens is 4. The molecule has 1 fully saturated rings. The van der Waals surface area contributed by atoms with Crippen molar-refractivity contribution in [1.29, 1.82) is 0 Å². The summed E-state index contributed by atoms with van der Waals surface area (Å²) in [6.07, 6.45) is 5.15. The number of fused-ring (bicyclic) bond motifs is 1. The molecule has 0 atom stereocenters. The van der Waals surface area contributed by atoms with Gasteiger partial charge in [0.25, 0.3) is 5.56 Å². The highest BCUT2D eigenvalue weighted by Gasteiger charge is 2.24. The minimum atomic E-state index is -0.250.